The van der Waals surface area contributed by atoms with E-state index in [9.17, 15) is 14.0 Å². The minimum atomic E-state index is -0.762. The van der Waals surface area contributed by atoms with Gasteiger partial charge in [0.05, 0.1) is 5.75 Å². The summed E-state index contributed by atoms with van der Waals surface area (Å²) in [7, 11) is 0. The average molecular weight is 572 g/mol. The molecule has 0 fully saturated rings. The zero-order chi connectivity index (χ0) is 25.9. The molecule has 0 bridgehead atoms. The van der Waals surface area contributed by atoms with Crippen LogP contribution < -0.4 is 5.32 Å². The lowest BCUT2D eigenvalue weighted by atomic mass is 10.0. The van der Waals surface area contributed by atoms with Gasteiger partial charge in [-0.25, -0.2) is 4.39 Å². The highest BCUT2D eigenvalue weighted by Gasteiger charge is 2.31. The average Bonchev–Trinajstić information content (AvgIpc) is 2.88. The van der Waals surface area contributed by atoms with Crippen LogP contribution in [0, 0.1) is 5.82 Å². The van der Waals surface area contributed by atoms with Crippen LogP contribution in [-0.2, 0) is 28.3 Å². The maximum Gasteiger partial charge on any atom is 0.243 e. The van der Waals surface area contributed by atoms with E-state index in [0.717, 1.165) is 22.0 Å². The molecular formula is C29H32BrFN2O2S. The van der Waals surface area contributed by atoms with Crippen molar-refractivity contribution in [2.45, 2.75) is 51.1 Å². The number of hydrogen-bond donors (Lipinski definition) is 1. The zero-order valence-corrected chi connectivity index (χ0v) is 23.0. The van der Waals surface area contributed by atoms with Crippen molar-refractivity contribution in [2.75, 3.05) is 5.75 Å². The molecule has 2 atom stereocenters. The molecule has 0 aromatic heterocycles. The highest BCUT2D eigenvalue weighted by molar-refractivity contribution is 9.10. The second-order valence-electron chi connectivity index (χ2n) is 8.76. The number of carbonyl (C=O) groups excluding carboxylic acids is 2. The monoisotopic (exact) mass is 570 g/mol. The van der Waals surface area contributed by atoms with Crippen LogP contribution >= 0.6 is 27.7 Å². The summed E-state index contributed by atoms with van der Waals surface area (Å²) in [6.45, 7) is 3.96. The molecular weight excluding hydrogens is 539 g/mol. The molecule has 2 amide bonds. The van der Waals surface area contributed by atoms with Gasteiger partial charge in [0.2, 0.25) is 11.8 Å². The van der Waals surface area contributed by atoms with E-state index in [4.69, 9.17) is 0 Å². The van der Waals surface area contributed by atoms with Gasteiger partial charge in [0.15, 0.2) is 0 Å². The molecule has 0 aliphatic heterocycles. The van der Waals surface area contributed by atoms with Crippen molar-refractivity contribution < 1.29 is 14.0 Å². The van der Waals surface area contributed by atoms with Crippen molar-refractivity contribution in [2.24, 2.45) is 0 Å². The Kier molecular flexibility index (Phi) is 11.0. The van der Waals surface area contributed by atoms with Crippen molar-refractivity contribution in [3.63, 3.8) is 0 Å². The molecule has 0 spiro atoms. The van der Waals surface area contributed by atoms with Crippen LogP contribution in [0.2, 0.25) is 0 Å². The summed E-state index contributed by atoms with van der Waals surface area (Å²) in [5.41, 5.74) is 2.43. The molecule has 3 aromatic carbocycles. The molecule has 4 nitrogen and oxygen atoms in total. The van der Waals surface area contributed by atoms with Gasteiger partial charge in [0.1, 0.15) is 11.9 Å². The quantitative estimate of drug-likeness (QED) is 0.275. The first-order chi connectivity index (χ1) is 17.4. The minimum Gasteiger partial charge on any atom is -0.352 e. The van der Waals surface area contributed by atoms with Gasteiger partial charge in [0, 0.05) is 34.8 Å². The summed E-state index contributed by atoms with van der Waals surface area (Å²) in [6, 6.07) is 23.2. The summed E-state index contributed by atoms with van der Waals surface area (Å²) < 4.78 is 15.6. The van der Waals surface area contributed by atoms with Gasteiger partial charge in [-0.05, 0) is 42.7 Å². The van der Waals surface area contributed by atoms with Crippen LogP contribution in [0.4, 0.5) is 4.39 Å². The summed E-state index contributed by atoms with van der Waals surface area (Å²) >= 11 is 4.92. The molecule has 0 aliphatic rings. The molecule has 0 unspecified atom stereocenters. The van der Waals surface area contributed by atoms with Crippen LogP contribution in [0.3, 0.4) is 0 Å². The number of rotatable bonds is 12. The molecule has 7 heteroatoms. The first-order valence-electron chi connectivity index (χ1n) is 12.1. The number of benzene rings is 3. The van der Waals surface area contributed by atoms with Crippen molar-refractivity contribution in [3.05, 3.63) is 106 Å². The fourth-order valence-electron chi connectivity index (χ4n) is 3.72. The molecule has 3 aromatic rings. The Labute approximate surface area is 225 Å². The van der Waals surface area contributed by atoms with Crippen LogP contribution in [0.15, 0.2) is 83.3 Å². The normalized spacial score (nSPS) is 12.6. The van der Waals surface area contributed by atoms with Crippen molar-refractivity contribution in [3.8, 4) is 0 Å². The van der Waals surface area contributed by atoms with Gasteiger partial charge in [-0.2, -0.15) is 0 Å². The minimum absolute atomic E-state index is 0.0236. The smallest absolute Gasteiger partial charge is 0.243 e. The predicted molar refractivity (Wildman–Crippen MR) is 149 cm³/mol. The first kappa shape index (κ1) is 27.9. The zero-order valence-electron chi connectivity index (χ0n) is 20.6. The van der Waals surface area contributed by atoms with E-state index in [2.05, 4.69) is 21.2 Å². The second kappa shape index (κ2) is 14.2. The van der Waals surface area contributed by atoms with E-state index in [1.165, 1.54) is 22.7 Å². The van der Waals surface area contributed by atoms with Gasteiger partial charge in [-0.15, -0.1) is 11.8 Å². The maximum absolute atomic E-state index is 14.6. The van der Waals surface area contributed by atoms with E-state index in [-0.39, 0.29) is 30.2 Å². The Morgan fingerprint density at radius 2 is 1.64 bits per heavy atom. The summed E-state index contributed by atoms with van der Waals surface area (Å²) in [4.78, 5) is 28.6. The van der Waals surface area contributed by atoms with Crippen molar-refractivity contribution in [1.29, 1.82) is 0 Å². The lowest BCUT2D eigenvalue weighted by molar-refractivity contribution is -0.139. The van der Waals surface area contributed by atoms with Crippen LogP contribution in [-0.4, -0.2) is 34.6 Å². The second-order valence-corrected chi connectivity index (χ2v) is 10.7. The maximum atomic E-state index is 14.6. The molecule has 0 radical (unpaired) electrons. The Bertz CT molecular complexity index is 1130. The first-order valence-corrected chi connectivity index (χ1v) is 14.0. The van der Waals surface area contributed by atoms with Gasteiger partial charge < -0.3 is 10.2 Å². The van der Waals surface area contributed by atoms with Crippen LogP contribution in [0.5, 0.6) is 0 Å². The number of amides is 2. The molecule has 0 saturated heterocycles. The number of nitrogens with zero attached hydrogens (tertiary/aromatic N) is 1. The third-order valence-electron chi connectivity index (χ3n) is 5.98. The van der Waals surface area contributed by atoms with E-state index < -0.39 is 11.9 Å². The molecule has 0 aliphatic carbocycles. The standard InChI is InChI=1S/C29H32BrFN2O2S/c1-3-21(2)32-29(35)27(17-22-9-5-4-6-10-22)33(18-24-11-7-8-12-26(24)31)28(34)20-36-19-23-13-15-25(30)16-14-23/h4-16,21,27H,3,17-20H2,1-2H3,(H,32,35)/t21-,27-/m1/s1. The van der Waals surface area contributed by atoms with Crippen molar-refractivity contribution in [1.82, 2.24) is 10.2 Å². The molecule has 190 valence electrons. The molecule has 3 rings (SSSR count). The van der Waals surface area contributed by atoms with E-state index in [0.29, 0.717) is 17.7 Å². The van der Waals surface area contributed by atoms with E-state index in [1.54, 1.807) is 18.2 Å². The van der Waals surface area contributed by atoms with Gasteiger partial charge in [0.25, 0.3) is 0 Å². The molecule has 36 heavy (non-hydrogen) atoms. The number of carbonyl (C=O) groups is 2. The molecule has 1 N–H and O–H groups in total. The number of nitrogens with one attached hydrogen (secondary N) is 1. The topological polar surface area (TPSA) is 49.4 Å². The third kappa shape index (κ3) is 8.49. The van der Waals surface area contributed by atoms with Crippen molar-refractivity contribution >= 4 is 39.5 Å². The van der Waals surface area contributed by atoms with Crippen LogP contribution in [0.25, 0.3) is 0 Å². The van der Waals surface area contributed by atoms with E-state index >= 15 is 0 Å². The lowest BCUT2D eigenvalue weighted by Crippen LogP contribution is -2.52. The molecule has 0 saturated carbocycles. The van der Waals surface area contributed by atoms with Crippen LogP contribution in [0.1, 0.15) is 37.0 Å². The Morgan fingerprint density at radius 1 is 0.972 bits per heavy atom. The van der Waals surface area contributed by atoms with Gasteiger partial charge in [-0.3, -0.25) is 9.59 Å². The van der Waals surface area contributed by atoms with Gasteiger partial charge >= 0.3 is 0 Å². The molecule has 0 heterocycles. The van der Waals surface area contributed by atoms with E-state index in [1.807, 2.05) is 68.4 Å². The highest BCUT2D eigenvalue weighted by Crippen LogP contribution is 2.20. The Hall–Kier alpha value is -2.64. The summed E-state index contributed by atoms with van der Waals surface area (Å²) in [5, 5.41) is 3.04. The third-order valence-corrected chi connectivity index (χ3v) is 7.50. The van der Waals surface area contributed by atoms with Gasteiger partial charge in [-0.1, -0.05) is 83.5 Å². The Morgan fingerprint density at radius 3 is 2.31 bits per heavy atom. The summed E-state index contributed by atoms with van der Waals surface area (Å²) in [5.74, 6) is 0.0384. The predicted octanol–water partition coefficient (Wildman–Crippen LogP) is 6.38. The summed E-state index contributed by atoms with van der Waals surface area (Å²) in [6.07, 6.45) is 1.12. The number of hydrogen-bond acceptors (Lipinski definition) is 3. The fourth-order valence-corrected chi connectivity index (χ4v) is 4.86. The number of halogens is 2. The lowest BCUT2D eigenvalue weighted by Gasteiger charge is -2.32. The highest BCUT2D eigenvalue weighted by atomic mass is 79.9. The fraction of sp³-hybridized carbons (Fsp3) is 0.310. The SMILES string of the molecule is CC[C@@H](C)NC(=O)[C@@H](Cc1ccccc1)N(Cc1ccccc1F)C(=O)CSCc1ccc(Br)cc1. The Balaban J connectivity index is 1.86. The largest absolute Gasteiger partial charge is 0.352 e. The number of thioether (sulfide) groups is 1.